The van der Waals surface area contributed by atoms with Crippen LogP contribution in [0.4, 0.5) is 0 Å². The first-order chi connectivity index (χ1) is 30.3. The van der Waals surface area contributed by atoms with Gasteiger partial charge in [0.25, 0.3) is 0 Å². The second-order valence-corrected chi connectivity index (χ2v) is 15.8. The number of aliphatic carboxylic acids is 2. The second-order valence-electron chi connectivity index (χ2n) is 15.8. The maximum atomic E-state index is 13.5. The van der Waals surface area contributed by atoms with Gasteiger partial charge >= 0.3 is 11.9 Å². The van der Waals surface area contributed by atoms with E-state index in [1.807, 2.05) is 5.32 Å². The molecule has 8 amide bonds. The molecule has 0 spiro atoms. The SMILES string of the molecule is CCCCCCCCCCCCCC(=O)N[C@H](CCC(N)=O)C(=O)N[C@@H](CC(N)=O)C(=O)N[C@H](CO)C(=O)N[C@H](CCCCN)C(=O)N[C@@H](CCC(=O)O)C(=O)N[C@H](C(=O)O)[C@@H](C)O. The summed E-state index contributed by atoms with van der Waals surface area (Å²) in [4.78, 5) is 126. The molecule has 0 rings (SSSR count). The van der Waals surface area contributed by atoms with Gasteiger partial charge in [-0.25, -0.2) is 4.79 Å². The predicted molar refractivity (Wildman–Crippen MR) is 231 cm³/mol. The normalized spacial score (nSPS) is 14.3. The van der Waals surface area contributed by atoms with Crippen LogP contribution in [0.2, 0.25) is 0 Å². The minimum absolute atomic E-state index is 0.0749. The summed E-state index contributed by atoms with van der Waals surface area (Å²) in [7, 11) is 0. The number of amides is 8. The van der Waals surface area contributed by atoms with Crippen LogP contribution < -0.4 is 49.1 Å². The van der Waals surface area contributed by atoms with E-state index in [0.717, 1.165) is 39.0 Å². The fourth-order valence-electron chi connectivity index (χ4n) is 6.41. The summed E-state index contributed by atoms with van der Waals surface area (Å²) in [6.45, 7) is 2.35. The third-order valence-electron chi connectivity index (χ3n) is 10.1. The Morgan fingerprint density at radius 3 is 1.41 bits per heavy atom. The molecule has 0 saturated heterocycles. The summed E-state index contributed by atoms with van der Waals surface area (Å²) < 4.78 is 0. The Kier molecular flexibility index (Phi) is 31.2. The van der Waals surface area contributed by atoms with E-state index in [9.17, 15) is 68.4 Å². The van der Waals surface area contributed by atoms with Gasteiger partial charge in [0.1, 0.15) is 30.2 Å². The van der Waals surface area contributed by atoms with Gasteiger partial charge in [-0.15, -0.1) is 0 Å². The molecule has 0 aromatic rings. The van der Waals surface area contributed by atoms with Gasteiger partial charge in [-0.05, 0) is 52.0 Å². The Labute approximate surface area is 373 Å². The molecule has 23 heteroatoms. The lowest BCUT2D eigenvalue weighted by Gasteiger charge is -2.27. The van der Waals surface area contributed by atoms with Crippen molar-refractivity contribution in [1.29, 1.82) is 0 Å². The maximum absolute atomic E-state index is 13.5. The molecule has 0 aromatic heterocycles. The molecule has 366 valence electrons. The molecular formula is C41H73N9O14. The Bertz CT molecular complexity index is 1520. The van der Waals surface area contributed by atoms with E-state index in [2.05, 4.69) is 33.5 Å². The van der Waals surface area contributed by atoms with E-state index in [-0.39, 0.29) is 38.6 Å². The van der Waals surface area contributed by atoms with Gasteiger partial charge in [0.2, 0.25) is 47.3 Å². The highest BCUT2D eigenvalue weighted by atomic mass is 16.4. The van der Waals surface area contributed by atoms with Gasteiger partial charge in [-0.2, -0.15) is 0 Å². The van der Waals surface area contributed by atoms with Crippen molar-refractivity contribution in [3.63, 3.8) is 0 Å². The number of rotatable bonds is 38. The van der Waals surface area contributed by atoms with E-state index < -0.39 is 127 Å². The summed E-state index contributed by atoms with van der Waals surface area (Å²) in [5.41, 5.74) is 16.2. The molecular weight excluding hydrogens is 842 g/mol. The van der Waals surface area contributed by atoms with Gasteiger partial charge < -0.3 is 69.5 Å². The van der Waals surface area contributed by atoms with Crippen molar-refractivity contribution in [3.8, 4) is 0 Å². The van der Waals surface area contributed by atoms with Crippen LogP contribution in [0, 0.1) is 0 Å². The Morgan fingerprint density at radius 1 is 0.500 bits per heavy atom. The standard InChI is InChI=1S/C41H73N9O14/c1-3-4-5-6-7-8-9-10-11-12-13-17-33(55)45-27(18-20-31(43)53)37(59)48-29(23-32(44)54)39(61)49-30(24-51)40(62)46-26(16-14-15-22-42)36(58)47-28(19-21-34(56)57)38(60)50-35(25(2)52)41(63)64/h25-30,35,51-52H,3-24,42H2,1-2H3,(H2,43,53)(H2,44,54)(H,45,55)(H,46,62)(H,47,58)(H,48,59)(H,49,61)(H,50,60)(H,56,57)(H,63,64)/t25-,26-,27-,28+,29+,30-,35+/m1/s1. The lowest BCUT2D eigenvalue weighted by atomic mass is 10.0. The highest BCUT2D eigenvalue weighted by molar-refractivity contribution is 5.98. The first-order valence-electron chi connectivity index (χ1n) is 22.1. The number of unbranched alkanes of at least 4 members (excludes halogenated alkanes) is 11. The molecule has 0 aliphatic carbocycles. The summed E-state index contributed by atoms with van der Waals surface area (Å²) in [6, 6.07) is -9.94. The number of carboxylic acids is 2. The Hall–Kier alpha value is -5.42. The molecule has 7 atom stereocenters. The maximum Gasteiger partial charge on any atom is 0.328 e. The molecule has 0 aromatic carbocycles. The molecule has 0 bridgehead atoms. The van der Waals surface area contributed by atoms with Gasteiger partial charge in [0.05, 0.1) is 19.1 Å². The quantitative estimate of drug-likeness (QED) is 0.0304. The van der Waals surface area contributed by atoms with E-state index in [4.69, 9.17) is 17.2 Å². The van der Waals surface area contributed by atoms with Crippen LogP contribution in [0.5, 0.6) is 0 Å². The third kappa shape index (κ3) is 26.9. The molecule has 23 nitrogen and oxygen atoms in total. The van der Waals surface area contributed by atoms with E-state index in [1.165, 1.54) is 32.1 Å². The lowest BCUT2D eigenvalue weighted by Crippen LogP contribution is -2.60. The number of nitrogens with one attached hydrogen (secondary N) is 6. The Morgan fingerprint density at radius 2 is 0.938 bits per heavy atom. The van der Waals surface area contributed by atoms with Crippen LogP contribution in [-0.2, 0) is 47.9 Å². The predicted octanol–water partition coefficient (Wildman–Crippen LogP) is -1.81. The van der Waals surface area contributed by atoms with Crippen molar-refractivity contribution >= 4 is 59.2 Å². The number of aliphatic hydroxyl groups excluding tert-OH is 2. The van der Waals surface area contributed by atoms with Crippen LogP contribution in [-0.4, -0.2) is 135 Å². The fraction of sp³-hybridized carbons (Fsp3) is 0.756. The first kappa shape index (κ1) is 58.6. The zero-order chi connectivity index (χ0) is 48.6. The number of nitrogens with two attached hydrogens (primary N) is 3. The molecule has 64 heavy (non-hydrogen) atoms. The van der Waals surface area contributed by atoms with Crippen molar-refractivity contribution in [2.75, 3.05) is 13.2 Å². The smallest absolute Gasteiger partial charge is 0.328 e. The topological polar surface area (TPSA) is 402 Å². The number of carbonyl (C=O) groups excluding carboxylic acids is 8. The summed E-state index contributed by atoms with van der Waals surface area (Å²) in [5, 5.41) is 52.1. The number of carboxylic acid groups (broad SMARTS) is 2. The van der Waals surface area contributed by atoms with Gasteiger partial charge in [-0.1, -0.05) is 71.1 Å². The monoisotopic (exact) mass is 916 g/mol. The molecule has 0 aliphatic rings. The molecule has 0 aliphatic heterocycles. The second kappa shape index (κ2) is 34.0. The van der Waals surface area contributed by atoms with E-state index in [0.29, 0.717) is 12.8 Å². The van der Waals surface area contributed by atoms with Crippen molar-refractivity contribution in [2.24, 2.45) is 17.2 Å². The zero-order valence-corrected chi connectivity index (χ0v) is 37.2. The number of primary amides is 2. The number of hydrogen-bond donors (Lipinski definition) is 13. The van der Waals surface area contributed by atoms with Gasteiger partial charge in [0.15, 0.2) is 6.04 Å². The number of carbonyl (C=O) groups is 10. The summed E-state index contributed by atoms with van der Waals surface area (Å²) >= 11 is 0. The Balaban J connectivity index is 5.90. The van der Waals surface area contributed by atoms with Crippen molar-refractivity contribution < 1.29 is 68.4 Å². The highest BCUT2D eigenvalue weighted by Gasteiger charge is 2.34. The minimum atomic E-state index is -1.82. The van der Waals surface area contributed by atoms with E-state index >= 15 is 0 Å². The van der Waals surface area contributed by atoms with Crippen LogP contribution in [0.1, 0.15) is 142 Å². The van der Waals surface area contributed by atoms with Crippen LogP contribution in [0.25, 0.3) is 0 Å². The van der Waals surface area contributed by atoms with Crippen LogP contribution >= 0.6 is 0 Å². The molecule has 0 fully saturated rings. The zero-order valence-electron chi connectivity index (χ0n) is 37.2. The largest absolute Gasteiger partial charge is 0.481 e. The molecule has 0 radical (unpaired) electrons. The van der Waals surface area contributed by atoms with Crippen molar-refractivity contribution in [2.45, 2.75) is 185 Å². The van der Waals surface area contributed by atoms with Crippen LogP contribution in [0.3, 0.4) is 0 Å². The molecule has 0 unspecified atom stereocenters. The van der Waals surface area contributed by atoms with Crippen molar-refractivity contribution in [3.05, 3.63) is 0 Å². The van der Waals surface area contributed by atoms with E-state index in [1.54, 1.807) is 0 Å². The third-order valence-corrected chi connectivity index (χ3v) is 10.1. The molecule has 0 saturated carbocycles. The fourth-order valence-corrected chi connectivity index (χ4v) is 6.41. The highest BCUT2D eigenvalue weighted by Crippen LogP contribution is 2.13. The van der Waals surface area contributed by atoms with Crippen LogP contribution in [0.15, 0.2) is 0 Å². The summed E-state index contributed by atoms with van der Waals surface area (Å²) in [5.74, 6) is -10.9. The lowest BCUT2D eigenvalue weighted by molar-refractivity contribution is -0.145. The average Bonchev–Trinajstić information content (AvgIpc) is 3.22. The number of hydrogen-bond acceptors (Lipinski definition) is 13. The van der Waals surface area contributed by atoms with Crippen molar-refractivity contribution in [1.82, 2.24) is 31.9 Å². The van der Waals surface area contributed by atoms with Gasteiger partial charge in [0, 0.05) is 19.3 Å². The summed E-state index contributed by atoms with van der Waals surface area (Å²) in [6.07, 6.45) is 8.02. The number of aliphatic hydroxyl groups is 2. The molecule has 0 heterocycles. The minimum Gasteiger partial charge on any atom is -0.481 e. The average molecular weight is 916 g/mol. The first-order valence-corrected chi connectivity index (χ1v) is 22.1. The van der Waals surface area contributed by atoms with Gasteiger partial charge in [-0.3, -0.25) is 43.2 Å². The molecule has 16 N–H and O–H groups in total.